The van der Waals surface area contributed by atoms with Gasteiger partial charge in [-0.05, 0) is 47.0 Å². The molecule has 3 amide bonds. The first kappa shape index (κ1) is 24.5. The van der Waals surface area contributed by atoms with Gasteiger partial charge in [0.25, 0.3) is 5.91 Å². The number of rotatable bonds is 6. The lowest BCUT2D eigenvalue weighted by Gasteiger charge is -2.38. The van der Waals surface area contributed by atoms with Crippen molar-refractivity contribution in [3.63, 3.8) is 0 Å². The molecule has 0 spiro atoms. The summed E-state index contributed by atoms with van der Waals surface area (Å²) >= 11 is 0. The quantitative estimate of drug-likeness (QED) is 0.607. The Morgan fingerprint density at radius 3 is 2.67 bits per heavy atom. The van der Waals surface area contributed by atoms with Crippen molar-refractivity contribution in [2.75, 3.05) is 44.4 Å². The topological polar surface area (TPSA) is 120 Å². The van der Waals surface area contributed by atoms with Crippen LogP contribution in [0.4, 0.5) is 16.2 Å². The molecule has 0 unspecified atom stereocenters. The number of aromatic nitrogens is 1. The van der Waals surface area contributed by atoms with Crippen LogP contribution in [0.25, 0.3) is 0 Å². The van der Waals surface area contributed by atoms with Crippen molar-refractivity contribution in [3.8, 4) is 5.75 Å². The fraction of sp³-hybridized carbons (Fsp3) is 0.522. The zero-order valence-electron chi connectivity index (χ0n) is 20.0. The molecule has 2 aromatic rings. The van der Waals surface area contributed by atoms with Gasteiger partial charge in [-0.3, -0.25) is 4.79 Å². The number of nitrogens with zero attached hydrogens (tertiary/aromatic N) is 3. The summed E-state index contributed by atoms with van der Waals surface area (Å²) in [5.41, 5.74) is 1.76. The molecule has 33 heavy (non-hydrogen) atoms. The Hall–Kier alpha value is -3.11. The van der Waals surface area contributed by atoms with Crippen LogP contribution in [0.1, 0.15) is 35.7 Å². The normalized spacial score (nSPS) is 19.4. The van der Waals surface area contributed by atoms with Crippen molar-refractivity contribution in [1.82, 2.24) is 15.0 Å². The summed E-state index contributed by atoms with van der Waals surface area (Å²) in [6.07, 6.45) is -0.242. The van der Waals surface area contributed by atoms with Crippen LogP contribution < -0.4 is 15.4 Å². The number of para-hydroxylation sites is 1. The minimum atomic E-state index is -0.506. The second-order valence-electron chi connectivity index (χ2n) is 8.85. The minimum absolute atomic E-state index is 0.0114. The summed E-state index contributed by atoms with van der Waals surface area (Å²) in [6.45, 7) is 8.19. The summed E-state index contributed by atoms with van der Waals surface area (Å²) in [7, 11) is 3.91. The van der Waals surface area contributed by atoms with Gasteiger partial charge in [0.15, 0.2) is 11.5 Å². The number of anilines is 2. The number of nitrogens with one attached hydrogen (secondary N) is 2. The number of hydrogen-bond donors (Lipinski definition) is 3. The van der Waals surface area contributed by atoms with Crippen LogP contribution >= 0.6 is 0 Å². The Labute approximate surface area is 193 Å². The second kappa shape index (κ2) is 10.2. The molecule has 1 aliphatic heterocycles. The lowest BCUT2D eigenvalue weighted by atomic mass is 9.99. The van der Waals surface area contributed by atoms with E-state index in [9.17, 15) is 14.7 Å². The molecule has 0 radical (unpaired) electrons. The standard InChI is InChI=1S/C23H33N5O5/c1-13-10-28(14(2)12-29)22(30)17-8-7-9-18(21(17)32-19(13)11-27(5)6)24-23(31)25-20-15(3)26-33-16(20)4/h7-9,13-14,19,29H,10-12H2,1-6H3,(H2,24,25,31)/t13-,14+,19-/m1/s1. The van der Waals surface area contributed by atoms with E-state index in [1.54, 1.807) is 36.9 Å². The smallest absolute Gasteiger partial charge is 0.323 e. The van der Waals surface area contributed by atoms with Crippen molar-refractivity contribution in [3.05, 3.63) is 35.2 Å². The highest BCUT2D eigenvalue weighted by atomic mass is 16.5. The molecular formula is C23H33N5O5. The molecule has 0 fully saturated rings. The Morgan fingerprint density at radius 2 is 2.06 bits per heavy atom. The maximum atomic E-state index is 13.4. The monoisotopic (exact) mass is 459 g/mol. The average Bonchev–Trinajstić information content (AvgIpc) is 3.07. The molecule has 1 aromatic heterocycles. The van der Waals surface area contributed by atoms with Gasteiger partial charge in [0.05, 0.1) is 23.9 Å². The number of fused-ring (bicyclic) bond motifs is 1. The summed E-state index contributed by atoms with van der Waals surface area (Å²) in [4.78, 5) is 29.9. The van der Waals surface area contributed by atoms with E-state index in [0.717, 1.165) is 0 Å². The van der Waals surface area contributed by atoms with Crippen molar-refractivity contribution in [1.29, 1.82) is 0 Å². The summed E-state index contributed by atoms with van der Waals surface area (Å²) < 4.78 is 11.5. The van der Waals surface area contributed by atoms with Crippen molar-refractivity contribution >= 4 is 23.3 Å². The van der Waals surface area contributed by atoms with Crippen LogP contribution in [-0.2, 0) is 0 Å². The van der Waals surface area contributed by atoms with E-state index < -0.39 is 6.03 Å². The molecule has 180 valence electrons. The Balaban J connectivity index is 1.98. The van der Waals surface area contributed by atoms with Crippen LogP contribution in [0.15, 0.2) is 22.7 Å². The van der Waals surface area contributed by atoms with Gasteiger partial charge in [-0.1, -0.05) is 18.1 Å². The number of likely N-dealkylation sites (N-methyl/N-ethyl adjacent to an activating group) is 1. The molecule has 2 heterocycles. The third kappa shape index (κ3) is 5.45. The maximum Gasteiger partial charge on any atom is 0.323 e. The van der Waals surface area contributed by atoms with Gasteiger partial charge in [0.1, 0.15) is 17.5 Å². The molecule has 10 heteroatoms. The zero-order chi connectivity index (χ0) is 24.3. The first-order valence-electron chi connectivity index (χ1n) is 11.0. The fourth-order valence-electron chi connectivity index (χ4n) is 3.85. The lowest BCUT2D eigenvalue weighted by Crippen LogP contribution is -2.49. The molecule has 1 aromatic carbocycles. The highest BCUT2D eigenvalue weighted by Gasteiger charge is 2.34. The van der Waals surface area contributed by atoms with E-state index in [1.807, 2.05) is 32.8 Å². The highest BCUT2D eigenvalue weighted by Crippen LogP contribution is 2.35. The molecule has 3 atom stereocenters. The van der Waals surface area contributed by atoms with Gasteiger partial charge >= 0.3 is 6.03 Å². The first-order valence-corrected chi connectivity index (χ1v) is 11.0. The van der Waals surface area contributed by atoms with E-state index in [2.05, 4.69) is 15.8 Å². The van der Waals surface area contributed by atoms with Crippen LogP contribution in [0.5, 0.6) is 5.75 Å². The van der Waals surface area contributed by atoms with Crippen LogP contribution in [0.3, 0.4) is 0 Å². The Bertz CT molecular complexity index is 986. The van der Waals surface area contributed by atoms with Gasteiger partial charge in [-0.25, -0.2) is 4.79 Å². The molecular weight excluding hydrogens is 426 g/mol. The number of aliphatic hydroxyl groups is 1. The van der Waals surface area contributed by atoms with E-state index in [4.69, 9.17) is 9.26 Å². The second-order valence-corrected chi connectivity index (χ2v) is 8.85. The number of carbonyl (C=O) groups excluding carboxylic acids is 2. The lowest BCUT2D eigenvalue weighted by molar-refractivity contribution is 0.0365. The molecule has 1 aliphatic rings. The molecule has 0 aliphatic carbocycles. The van der Waals surface area contributed by atoms with E-state index >= 15 is 0 Å². The van der Waals surface area contributed by atoms with Gasteiger partial charge in [0, 0.05) is 19.0 Å². The van der Waals surface area contributed by atoms with Gasteiger partial charge < -0.3 is 34.8 Å². The summed E-state index contributed by atoms with van der Waals surface area (Å²) in [5, 5.41) is 19.1. The SMILES string of the molecule is Cc1noc(C)c1NC(=O)Nc1cccc2c1O[C@H](CN(C)C)[C@H](C)CN([C@@H](C)CO)C2=O. The Morgan fingerprint density at radius 1 is 1.33 bits per heavy atom. The number of amides is 3. The Kier molecular flexibility index (Phi) is 7.60. The molecule has 3 rings (SSSR count). The largest absolute Gasteiger partial charge is 0.486 e. The molecule has 0 saturated heterocycles. The first-order chi connectivity index (χ1) is 15.6. The number of urea groups is 1. The molecule has 10 nitrogen and oxygen atoms in total. The van der Waals surface area contributed by atoms with Crippen LogP contribution in [0.2, 0.25) is 0 Å². The molecule has 3 N–H and O–H groups in total. The number of benzene rings is 1. The fourth-order valence-corrected chi connectivity index (χ4v) is 3.85. The highest BCUT2D eigenvalue weighted by molar-refractivity contribution is 6.04. The zero-order valence-corrected chi connectivity index (χ0v) is 20.0. The minimum Gasteiger partial charge on any atom is -0.486 e. The van der Waals surface area contributed by atoms with E-state index in [-0.39, 0.29) is 30.6 Å². The number of aryl methyl sites for hydroxylation is 2. The molecule has 0 bridgehead atoms. The summed E-state index contributed by atoms with van der Waals surface area (Å²) in [5.74, 6) is 0.537. The summed E-state index contributed by atoms with van der Waals surface area (Å²) in [6, 6.07) is 4.20. The van der Waals surface area contributed by atoms with E-state index in [0.29, 0.717) is 47.2 Å². The third-order valence-electron chi connectivity index (χ3n) is 5.76. The van der Waals surface area contributed by atoms with Gasteiger partial charge in [-0.15, -0.1) is 0 Å². The predicted molar refractivity (Wildman–Crippen MR) is 125 cm³/mol. The maximum absolute atomic E-state index is 13.4. The average molecular weight is 460 g/mol. The van der Waals surface area contributed by atoms with Gasteiger partial charge in [-0.2, -0.15) is 0 Å². The number of hydrogen-bond acceptors (Lipinski definition) is 7. The van der Waals surface area contributed by atoms with Gasteiger partial charge in [0.2, 0.25) is 0 Å². The number of aliphatic hydroxyl groups excluding tert-OH is 1. The van der Waals surface area contributed by atoms with Crippen LogP contribution in [0, 0.1) is 19.8 Å². The predicted octanol–water partition coefficient (Wildman–Crippen LogP) is 2.72. The van der Waals surface area contributed by atoms with Crippen LogP contribution in [-0.4, -0.2) is 77.9 Å². The third-order valence-corrected chi connectivity index (χ3v) is 5.76. The molecule has 0 saturated carbocycles. The van der Waals surface area contributed by atoms with Crippen molar-refractivity contribution in [2.24, 2.45) is 5.92 Å². The number of ether oxygens (including phenoxy) is 1. The van der Waals surface area contributed by atoms with Crippen molar-refractivity contribution < 1.29 is 24.0 Å². The van der Waals surface area contributed by atoms with E-state index in [1.165, 1.54) is 0 Å². The number of carbonyl (C=O) groups is 2. The van der Waals surface area contributed by atoms with Crippen molar-refractivity contribution in [2.45, 2.75) is 39.8 Å².